The number of halogens is 1. The fourth-order valence-corrected chi connectivity index (χ4v) is 2.25. The number of hydrogen-bond donors (Lipinski definition) is 1. The molecule has 0 aromatic heterocycles. The molecule has 0 amide bonds. The van der Waals surface area contributed by atoms with E-state index in [9.17, 15) is 5.11 Å². The molecule has 2 rings (SSSR count). The largest absolute Gasteiger partial charge is 0.489 e. The van der Waals surface area contributed by atoms with Gasteiger partial charge in [-0.3, -0.25) is 0 Å². The molecule has 0 fully saturated rings. The summed E-state index contributed by atoms with van der Waals surface area (Å²) >= 11 is 6.05. The van der Waals surface area contributed by atoms with Crippen LogP contribution in [0.4, 0.5) is 0 Å². The summed E-state index contributed by atoms with van der Waals surface area (Å²) in [7, 11) is 0. The molecule has 2 aromatic carbocycles. The fraction of sp³-hybridized carbons (Fsp3) is 0.188. The molecule has 3 nitrogen and oxygen atoms in total. The number of hydrogen-bond acceptors (Lipinski definition) is 3. The van der Waals surface area contributed by atoms with Gasteiger partial charge in [-0.25, -0.2) is 0 Å². The monoisotopic (exact) mass is 287 g/mol. The Kier molecular flexibility index (Phi) is 4.62. The van der Waals surface area contributed by atoms with E-state index >= 15 is 0 Å². The van der Waals surface area contributed by atoms with Crippen LogP contribution < -0.4 is 4.74 Å². The van der Waals surface area contributed by atoms with Crippen molar-refractivity contribution in [3.05, 3.63) is 64.2 Å². The Balaban J connectivity index is 2.25. The third kappa shape index (κ3) is 3.11. The van der Waals surface area contributed by atoms with Crippen LogP contribution >= 0.6 is 11.6 Å². The zero-order chi connectivity index (χ0) is 14.5. The molecule has 1 N–H and O–H groups in total. The maximum atomic E-state index is 9.74. The van der Waals surface area contributed by atoms with Crippen LogP contribution in [0.3, 0.4) is 0 Å². The smallest absolute Gasteiger partial charge is 0.167 e. The van der Waals surface area contributed by atoms with Crippen LogP contribution in [0.15, 0.2) is 42.5 Å². The van der Waals surface area contributed by atoms with E-state index in [1.165, 1.54) is 0 Å². The molecular formula is C16H14ClNO2. The van der Waals surface area contributed by atoms with Crippen LogP contribution in [-0.2, 0) is 6.61 Å². The van der Waals surface area contributed by atoms with Gasteiger partial charge in [-0.2, -0.15) is 5.26 Å². The number of aliphatic hydroxyl groups excluding tert-OH is 1. The quantitative estimate of drug-likeness (QED) is 0.871. The van der Waals surface area contributed by atoms with Crippen LogP contribution in [0.5, 0.6) is 5.75 Å². The standard InChI is InChI=1S/C16H14ClNO2/c1-11-5-2-3-8-15(11)20-10-12-6-4-7-13(17)16(12)14(19)9-18/h2-8,14,19H,10H2,1H3. The van der Waals surface area contributed by atoms with Crippen LogP contribution in [0.1, 0.15) is 22.8 Å². The van der Waals surface area contributed by atoms with Gasteiger partial charge in [-0.15, -0.1) is 0 Å². The van der Waals surface area contributed by atoms with Gasteiger partial charge < -0.3 is 9.84 Å². The lowest BCUT2D eigenvalue weighted by Crippen LogP contribution is -2.05. The number of aryl methyl sites for hydroxylation is 1. The molecule has 0 aliphatic rings. The number of aliphatic hydroxyl groups is 1. The second-order valence-corrected chi connectivity index (χ2v) is 4.81. The van der Waals surface area contributed by atoms with Gasteiger partial charge in [-0.1, -0.05) is 41.9 Å². The van der Waals surface area contributed by atoms with E-state index in [1.807, 2.05) is 31.2 Å². The molecule has 0 heterocycles. The summed E-state index contributed by atoms with van der Waals surface area (Å²) in [4.78, 5) is 0. The van der Waals surface area contributed by atoms with E-state index in [4.69, 9.17) is 21.6 Å². The van der Waals surface area contributed by atoms with E-state index in [-0.39, 0.29) is 6.61 Å². The van der Waals surface area contributed by atoms with Crippen molar-refractivity contribution in [2.75, 3.05) is 0 Å². The molecule has 0 spiro atoms. The number of ether oxygens (including phenoxy) is 1. The molecular weight excluding hydrogens is 274 g/mol. The molecule has 0 aliphatic heterocycles. The van der Waals surface area contributed by atoms with Crippen molar-refractivity contribution in [3.63, 3.8) is 0 Å². The van der Waals surface area contributed by atoms with Gasteiger partial charge in [0, 0.05) is 10.6 Å². The molecule has 4 heteroatoms. The first-order valence-electron chi connectivity index (χ1n) is 6.17. The molecule has 0 saturated carbocycles. The maximum Gasteiger partial charge on any atom is 0.167 e. The predicted octanol–water partition coefficient (Wildman–Crippen LogP) is 3.78. The lowest BCUT2D eigenvalue weighted by Gasteiger charge is -2.14. The minimum absolute atomic E-state index is 0.249. The topological polar surface area (TPSA) is 53.2 Å². The van der Waals surface area contributed by atoms with Gasteiger partial charge in [0.2, 0.25) is 0 Å². The number of nitriles is 1. The minimum Gasteiger partial charge on any atom is -0.489 e. The van der Waals surface area contributed by atoms with Crippen molar-refractivity contribution in [2.45, 2.75) is 19.6 Å². The average Bonchev–Trinajstić information content (AvgIpc) is 2.46. The lowest BCUT2D eigenvalue weighted by atomic mass is 10.0. The van der Waals surface area contributed by atoms with Gasteiger partial charge in [0.25, 0.3) is 0 Å². The van der Waals surface area contributed by atoms with Gasteiger partial charge in [0.1, 0.15) is 12.4 Å². The van der Waals surface area contributed by atoms with Crippen molar-refractivity contribution in [1.82, 2.24) is 0 Å². The van der Waals surface area contributed by atoms with Crippen molar-refractivity contribution < 1.29 is 9.84 Å². The highest BCUT2D eigenvalue weighted by Crippen LogP contribution is 2.28. The molecule has 1 unspecified atom stereocenters. The highest BCUT2D eigenvalue weighted by atomic mass is 35.5. The number of rotatable bonds is 4. The minimum atomic E-state index is -1.25. The zero-order valence-electron chi connectivity index (χ0n) is 11.0. The van der Waals surface area contributed by atoms with Crippen molar-refractivity contribution in [3.8, 4) is 11.8 Å². The Hall–Kier alpha value is -2.02. The molecule has 0 saturated heterocycles. The number of nitrogens with zero attached hydrogens (tertiary/aromatic N) is 1. The third-order valence-corrected chi connectivity index (χ3v) is 3.35. The van der Waals surface area contributed by atoms with Crippen molar-refractivity contribution >= 4 is 11.6 Å². The van der Waals surface area contributed by atoms with Gasteiger partial charge in [0.05, 0.1) is 6.07 Å². The lowest BCUT2D eigenvalue weighted by molar-refractivity contribution is 0.229. The Morgan fingerprint density at radius 1 is 1.25 bits per heavy atom. The Bertz CT molecular complexity index is 649. The maximum absolute atomic E-state index is 9.74. The SMILES string of the molecule is Cc1ccccc1OCc1cccc(Cl)c1C(O)C#N. The summed E-state index contributed by atoms with van der Waals surface area (Å²) in [5.74, 6) is 0.768. The second kappa shape index (κ2) is 6.42. The summed E-state index contributed by atoms with van der Waals surface area (Å²) in [5.41, 5.74) is 2.14. The molecule has 1 atom stereocenters. The Labute approximate surface area is 123 Å². The molecule has 0 radical (unpaired) electrons. The Morgan fingerprint density at radius 3 is 2.70 bits per heavy atom. The molecule has 102 valence electrons. The first-order valence-corrected chi connectivity index (χ1v) is 6.54. The summed E-state index contributed by atoms with van der Waals surface area (Å²) in [6, 6.07) is 14.7. The number of benzene rings is 2. The third-order valence-electron chi connectivity index (χ3n) is 3.02. The molecule has 20 heavy (non-hydrogen) atoms. The van der Waals surface area contributed by atoms with Crippen LogP contribution in [0.2, 0.25) is 5.02 Å². The second-order valence-electron chi connectivity index (χ2n) is 4.40. The van der Waals surface area contributed by atoms with Crippen molar-refractivity contribution in [1.29, 1.82) is 5.26 Å². The van der Waals surface area contributed by atoms with Crippen LogP contribution in [0.25, 0.3) is 0 Å². The first-order chi connectivity index (χ1) is 9.63. The molecule has 0 aliphatic carbocycles. The fourth-order valence-electron chi connectivity index (χ4n) is 1.95. The first kappa shape index (κ1) is 14.4. The van der Waals surface area contributed by atoms with E-state index in [0.29, 0.717) is 16.1 Å². The van der Waals surface area contributed by atoms with Crippen LogP contribution in [-0.4, -0.2) is 5.11 Å². The summed E-state index contributed by atoms with van der Waals surface area (Å²) in [6.45, 7) is 2.21. The normalized spacial score (nSPS) is 11.7. The van der Waals surface area contributed by atoms with E-state index < -0.39 is 6.10 Å². The number of para-hydroxylation sites is 1. The molecule has 0 bridgehead atoms. The Morgan fingerprint density at radius 2 is 2.00 bits per heavy atom. The van der Waals surface area contributed by atoms with Gasteiger partial charge in [0.15, 0.2) is 6.10 Å². The highest BCUT2D eigenvalue weighted by molar-refractivity contribution is 6.31. The average molecular weight is 288 g/mol. The van der Waals surface area contributed by atoms with Crippen molar-refractivity contribution in [2.24, 2.45) is 0 Å². The molecule has 2 aromatic rings. The van der Waals surface area contributed by atoms with E-state index in [0.717, 1.165) is 11.3 Å². The van der Waals surface area contributed by atoms with Gasteiger partial charge >= 0.3 is 0 Å². The predicted molar refractivity (Wildman–Crippen MR) is 77.5 cm³/mol. The summed E-state index contributed by atoms with van der Waals surface area (Å²) in [6.07, 6.45) is -1.25. The highest BCUT2D eigenvalue weighted by Gasteiger charge is 2.16. The summed E-state index contributed by atoms with van der Waals surface area (Å²) < 4.78 is 5.73. The van der Waals surface area contributed by atoms with E-state index in [1.54, 1.807) is 24.3 Å². The van der Waals surface area contributed by atoms with E-state index in [2.05, 4.69) is 0 Å². The zero-order valence-corrected chi connectivity index (χ0v) is 11.8. The van der Waals surface area contributed by atoms with Gasteiger partial charge in [-0.05, 0) is 30.2 Å². The summed E-state index contributed by atoms with van der Waals surface area (Å²) in [5, 5.41) is 19.0. The van der Waals surface area contributed by atoms with Crippen LogP contribution in [0, 0.1) is 18.3 Å².